The molecule has 1 aromatic rings. The van der Waals surface area contributed by atoms with Crippen LogP contribution in [-0.2, 0) is 17.9 Å². The summed E-state index contributed by atoms with van der Waals surface area (Å²) in [4.78, 5) is 0. The SMILES string of the molecule is COCc1ccc(CNC(CO)CC(C)C)cc1. The molecule has 0 amide bonds. The van der Waals surface area contributed by atoms with Crippen LogP contribution >= 0.6 is 0 Å². The lowest BCUT2D eigenvalue weighted by molar-refractivity contribution is 0.185. The Morgan fingerprint density at radius 1 is 1.17 bits per heavy atom. The van der Waals surface area contributed by atoms with Gasteiger partial charge >= 0.3 is 0 Å². The molecule has 0 aliphatic heterocycles. The lowest BCUT2D eigenvalue weighted by Gasteiger charge is -2.18. The average molecular weight is 251 g/mol. The van der Waals surface area contributed by atoms with Crippen LogP contribution in [0.1, 0.15) is 31.4 Å². The zero-order chi connectivity index (χ0) is 13.4. The highest BCUT2D eigenvalue weighted by Crippen LogP contribution is 2.08. The minimum Gasteiger partial charge on any atom is -0.395 e. The van der Waals surface area contributed by atoms with Crippen LogP contribution in [0, 0.1) is 5.92 Å². The third-order valence-corrected chi connectivity index (χ3v) is 2.91. The molecule has 3 heteroatoms. The van der Waals surface area contributed by atoms with E-state index in [9.17, 15) is 5.11 Å². The first-order valence-corrected chi connectivity index (χ1v) is 6.56. The van der Waals surface area contributed by atoms with Gasteiger partial charge in [-0.2, -0.15) is 0 Å². The molecule has 3 nitrogen and oxygen atoms in total. The Hall–Kier alpha value is -0.900. The van der Waals surface area contributed by atoms with Crippen LogP contribution in [0.2, 0.25) is 0 Å². The molecule has 0 aromatic heterocycles. The van der Waals surface area contributed by atoms with Gasteiger partial charge in [-0.05, 0) is 23.5 Å². The molecule has 0 fully saturated rings. The second-order valence-corrected chi connectivity index (χ2v) is 5.14. The zero-order valence-electron chi connectivity index (χ0n) is 11.6. The summed E-state index contributed by atoms with van der Waals surface area (Å²) in [6, 6.07) is 8.55. The maximum Gasteiger partial charge on any atom is 0.0713 e. The van der Waals surface area contributed by atoms with E-state index < -0.39 is 0 Å². The second-order valence-electron chi connectivity index (χ2n) is 5.14. The van der Waals surface area contributed by atoms with Crippen LogP contribution in [-0.4, -0.2) is 24.9 Å². The summed E-state index contributed by atoms with van der Waals surface area (Å²) in [5.74, 6) is 0.596. The summed E-state index contributed by atoms with van der Waals surface area (Å²) >= 11 is 0. The molecule has 0 bridgehead atoms. The maximum atomic E-state index is 9.29. The van der Waals surface area contributed by atoms with Gasteiger partial charge in [0.1, 0.15) is 0 Å². The highest BCUT2D eigenvalue weighted by Gasteiger charge is 2.08. The molecule has 1 unspecified atom stereocenters. The molecule has 0 aliphatic rings. The second kappa shape index (κ2) is 8.25. The molecule has 0 spiro atoms. The summed E-state index contributed by atoms with van der Waals surface area (Å²) in [5.41, 5.74) is 2.42. The van der Waals surface area contributed by atoms with Gasteiger partial charge in [-0.3, -0.25) is 0 Å². The van der Waals surface area contributed by atoms with Crippen LogP contribution in [0.15, 0.2) is 24.3 Å². The summed E-state index contributed by atoms with van der Waals surface area (Å²) in [5, 5.41) is 12.7. The third kappa shape index (κ3) is 5.63. The molecule has 1 atom stereocenters. The molecule has 0 radical (unpaired) electrons. The summed E-state index contributed by atoms with van der Waals surface area (Å²) < 4.78 is 5.08. The quantitative estimate of drug-likeness (QED) is 0.745. The lowest BCUT2D eigenvalue weighted by atomic mass is 10.0. The standard InChI is InChI=1S/C15H25NO2/c1-12(2)8-15(10-17)16-9-13-4-6-14(7-5-13)11-18-3/h4-7,12,15-17H,8-11H2,1-3H3. The molecule has 0 heterocycles. The van der Waals surface area contributed by atoms with Gasteiger partial charge in [0.2, 0.25) is 0 Å². The van der Waals surface area contributed by atoms with Crippen molar-refractivity contribution in [2.24, 2.45) is 5.92 Å². The molecule has 1 rings (SSSR count). The van der Waals surface area contributed by atoms with Crippen molar-refractivity contribution in [3.05, 3.63) is 35.4 Å². The van der Waals surface area contributed by atoms with Gasteiger partial charge in [0.15, 0.2) is 0 Å². The number of hydrogen-bond acceptors (Lipinski definition) is 3. The maximum absolute atomic E-state index is 9.29. The first-order valence-electron chi connectivity index (χ1n) is 6.56. The Morgan fingerprint density at radius 3 is 2.28 bits per heavy atom. The Labute approximate surface area is 110 Å². The molecule has 18 heavy (non-hydrogen) atoms. The molecule has 0 saturated heterocycles. The predicted molar refractivity (Wildman–Crippen MR) is 74.3 cm³/mol. The minimum absolute atomic E-state index is 0.184. The van der Waals surface area contributed by atoms with Crippen molar-refractivity contribution in [1.82, 2.24) is 5.32 Å². The van der Waals surface area contributed by atoms with E-state index in [0.717, 1.165) is 13.0 Å². The molecular formula is C15H25NO2. The van der Waals surface area contributed by atoms with E-state index in [4.69, 9.17) is 4.74 Å². The Morgan fingerprint density at radius 2 is 1.78 bits per heavy atom. The van der Waals surface area contributed by atoms with Crippen molar-refractivity contribution >= 4 is 0 Å². The van der Waals surface area contributed by atoms with E-state index in [1.165, 1.54) is 11.1 Å². The van der Waals surface area contributed by atoms with Crippen molar-refractivity contribution in [2.45, 2.75) is 39.5 Å². The van der Waals surface area contributed by atoms with E-state index >= 15 is 0 Å². The zero-order valence-corrected chi connectivity index (χ0v) is 11.6. The van der Waals surface area contributed by atoms with Crippen molar-refractivity contribution in [2.75, 3.05) is 13.7 Å². The van der Waals surface area contributed by atoms with Gasteiger partial charge < -0.3 is 15.2 Å². The number of benzene rings is 1. The van der Waals surface area contributed by atoms with Crippen LogP contribution in [0.25, 0.3) is 0 Å². The van der Waals surface area contributed by atoms with Crippen LogP contribution in [0.4, 0.5) is 0 Å². The molecule has 1 aromatic carbocycles. The topological polar surface area (TPSA) is 41.5 Å². The highest BCUT2D eigenvalue weighted by molar-refractivity contribution is 5.21. The van der Waals surface area contributed by atoms with Crippen molar-refractivity contribution in [3.8, 4) is 0 Å². The molecule has 0 aliphatic carbocycles. The fourth-order valence-corrected chi connectivity index (χ4v) is 1.97. The van der Waals surface area contributed by atoms with Crippen LogP contribution in [0.3, 0.4) is 0 Å². The monoisotopic (exact) mass is 251 g/mol. The smallest absolute Gasteiger partial charge is 0.0713 e. The minimum atomic E-state index is 0.184. The van der Waals surface area contributed by atoms with E-state index in [-0.39, 0.29) is 12.6 Å². The van der Waals surface area contributed by atoms with Gasteiger partial charge in [0.25, 0.3) is 0 Å². The molecule has 0 saturated carbocycles. The van der Waals surface area contributed by atoms with E-state index in [0.29, 0.717) is 12.5 Å². The Bertz CT molecular complexity index is 322. The van der Waals surface area contributed by atoms with Gasteiger partial charge in [-0.1, -0.05) is 38.1 Å². The lowest BCUT2D eigenvalue weighted by Crippen LogP contribution is -2.33. The first-order chi connectivity index (χ1) is 8.65. The predicted octanol–water partition coefficient (Wildman–Crippen LogP) is 2.33. The van der Waals surface area contributed by atoms with Gasteiger partial charge in [0.05, 0.1) is 13.2 Å². The van der Waals surface area contributed by atoms with Gasteiger partial charge in [-0.25, -0.2) is 0 Å². The third-order valence-electron chi connectivity index (χ3n) is 2.91. The number of rotatable bonds is 8. The molecular weight excluding hydrogens is 226 g/mol. The number of aliphatic hydroxyl groups is 1. The Balaban J connectivity index is 2.41. The number of aliphatic hydroxyl groups excluding tert-OH is 1. The summed E-state index contributed by atoms with van der Waals surface area (Å²) in [6.07, 6.45) is 0.998. The average Bonchev–Trinajstić information content (AvgIpc) is 2.36. The Kier molecular flexibility index (Phi) is 6.94. The fourth-order valence-electron chi connectivity index (χ4n) is 1.97. The van der Waals surface area contributed by atoms with Gasteiger partial charge in [0, 0.05) is 19.7 Å². The largest absolute Gasteiger partial charge is 0.395 e. The van der Waals surface area contributed by atoms with Crippen molar-refractivity contribution < 1.29 is 9.84 Å². The van der Waals surface area contributed by atoms with E-state index in [2.05, 4.69) is 43.4 Å². The van der Waals surface area contributed by atoms with Crippen molar-refractivity contribution in [3.63, 3.8) is 0 Å². The summed E-state index contributed by atoms with van der Waals surface area (Å²) in [7, 11) is 1.70. The highest BCUT2D eigenvalue weighted by atomic mass is 16.5. The van der Waals surface area contributed by atoms with Gasteiger partial charge in [-0.15, -0.1) is 0 Å². The van der Waals surface area contributed by atoms with Crippen LogP contribution < -0.4 is 5.32 Å². The normalized spacial score (nSPS) is 12.9. The number of nitrogens with one attached hydrogen (secondary N) is 1. The molecule has 102 valence electrons. The van der Waals surface area contributed by atoms with Crippen molar-refractivity contribution in [1.29, 1.82) is 0 Å². The number of hydrogen-bond donors (Lipinski definition) is 2. The molecule has 2 N–H and O–H groups in total. The van der Waals surface area contributed by atoms with Crippen LogP contribution in [0.5, 0.6) is 0 Å². The number of methoxy groups -OCH3 is 1. The summed E-state index contributed by atoms with van der Waals surface area (Å²) in [6.45, 7) is 5.99. The first kappa shape index (κ1) is 15.2. The van der Waals surface area contributed by atoms with E-state index in [1.807, 2.05) is 0 Å². The van der Waals surface area contributed by atoms with E-state index in [1.54, 1.807) is 7.11 Å². The fraction of sp³-hybridized carbons (Fsp3) is 0.600. The number of ether oxygens (including phenoxy) is 1.